The van der Waals surface area contributed by atoms with Crippen LogP contribution in [0.25, 0.3) is 0 Å². The molecule has 0 aliphatic rings. The number of hydrogen-bond donors (Lipinski definition) is 0. The maximum atomic E-state index is 11.5. The fourth-order valence-electron chi connectivity index (χ4n) is 1.78. The van der Waals surface area contributed by atoms with Crippen LogP contribution in [0.4, 0.5) is 0 Å². The minimum Gasteiger partial charge on any atom is -0.327 e. The lowest BCUT2D eigenvalue weighted by atomic mass is 10.0. The van der Waals surface area contributed by atoms with Crippen molar-refractivity contribution in [1.82, 2.24) is 9.55 Å². The molecule has 1 atom stereocenters. The number of carbonyl (C=O) groups is 1. The Labute approximate surface area is 91.5 Å². The monoisotopic (exact) mass is 208 g/mol. The van der Waals surface area contributed by atoms with E-state index in [-0.39, 0.29) is 11.8 Å². The second kappa shape index (κ2) is 6.38. The number of unbranched alkanes of at least 4 members (excludes halogenated alkanes) is 3. The fraction of sp³-hybridized carbons (Fsp3) is 0.667. The average molecular weight is 208 g/mol. The molecule has 0 N–H and O–H groups in total. The highest BCUT2D eigenvalue weighted by atomic mass is 16.1. The number of aromatic nitrogens is 2. The summed E-state index contributed by atoms with van der Waals surface area (Å²) in [5, 5.41) is 0. The lowest BCUT2D eigenvalue weighted by Gasteiger charge is -2.14. The van der Waals surface area contributed by atoms with E-state index in [1.54, 1.807) is 19.4 Å². The Morgan fingerprint density at radius 1 is 1.40 bits per heavy atom. The van der Waals surface area contributed by atoms with E-state index in [4.69, 9.17) is 0 Å². The van der Waals surface area contributed by atoms with Gasteiger partial charge >= 0.3 is 0 Å². The van der Waals surface area contributed by atoms with Gasteiger partial charge < -0.3 is 4.57 Å². The van der Waals surface area contributed by atoms with Crippen molar-refractivity contribution in [1.29, 1.82) is 0 Å². The van der Waals surface area contributed by atoms with Crippen LogP contribution in [0.5, 0.6) is 0 Å². The second-order valence-corrected chi connectivity index (χ2v) is 3.99. The van der Waals surface area contributed by atoms with Gasteiger partial charge in [0.05, 0.1) is 12.4 Å². The minimum atomic E-state index is -0.00986. The van der Waals surface area contributed by atoms with Gasteiger partial charge in [-0.15, -0.1) is 0 Å². The topological polar surface area (TPSA) is 34.9 Å². The molecule has 0 aliphatic carbocycles. The number of rotatable bonds is 7. The molecule has 0 saturated carbocycles. The van der Waals surface area contributed by atoms with Gasteiger partial charge in [0.2, 0.25) is 0 Å². The molecule has 15 heavy (non-hydrogen) atoms. The predicted octanol–water partition coefficient (Wildman–Crippen LogP) is 2.98. The Balaban J connectivity index is 2.42. The van der Waals surface area contributed by atoms with E-state index >= 15 is 0 Å². The van der Waals surface area contributed by atoms with Gasteiger partial charge in [-0.1, -0.05) is 32.6 Å². The summed E-state index contributed by atoms with van der Waals surface area (Å²) in [5.74, 6) is 0.226. The van der Waals surface area contributed by atoms with Crippen molar-refractivity contribution in [2.75, 3.05) is 0 Å². The summed E-state index contributed by atoms with van der Waals surface area (Å²) in [6.45, 7) is 3.85. The van der Waals surface area contributed by atoms with E-state index in [9.17, 15) is 4.79 Å². The number of hydrogen-bond acceptors (Lipinski definition) is 2. The van der Waals surface area contributed by atoms with Crippen LogP contribution >= 0.6 is 0 Å². The van der Waals surface area contributed by atoms with Gasteiger partial charge in [0.25, 0.3) is 0 Å². The highest BCUT2D eigenvalue weighted by Gasteiger charge is 2.14. The normalized spacial score (nSPS) is 12.7. The van der Waals surface area contributed by atoms with Crippen LogP contribution in [-0.4, -0.2) is 15.3 Å². The fourth-order valence-corrected chi connectivity index (χ4v) is 1.78. The molecule has 1 unspecified atom stereocenters. The largest absolute Gasteiger partial charge is 0.327 e. The molecule has 0 radical (unpaired) electrons. The summed E-state index contributed by atoms with van der Waals surface area (Å²) in [7, 11) is 0. The third-order valence-corrected chi connectivity index (χ3v) is 2.69. The van der Waals surface area contributed by atoms with Crippen LogP contribution in [-0.2, 0) is 4.79 Å². The molecule has 1 rings (SSSR count). The van der Waals surface area contributed by atoms with Crippen molar-refractivity contribution in [2.24, 2.45) is 0 Å². The van der Waals surface area contributed by atoms with Gasteiger partial charge in [0.15, 0.2) is 5.78 Å². The number of imidazole rings is 1. The summed E-state index contributed by atoms with van der Waals surface area (Å²) in [6, 6.07) is -0.00986. The SMILES string of the molecule is CCCCCCC(C(C)=O)n1ccnc1. The molecule has 0 saturated heterocycles. The molecule has 3 heteroatoms. The van der Waals surface area contributed by atoms with Gasteiger partial charge in [0.1, 0.15) is 0 Å². The number of carbonyl (C=O) groups excluding carboxylic acids is 1. The van der Waals surface area contributed by atoms with Crippen molar-refractivity contribution in [3.8, 4) is 0 Å². The molecule has 0 bridgehead atoms. The highest BCUT2D eigenvalue weighted by molar-refractivity contribution is 5.79. The molecule has 3 nitrogen and oxygen atoms in total. The Morgan fingerprint density at radius 2 is 2.20 bits per heavy atom. The van der Waals surface area contributed by atoms with Crippen LogP contribution in [0.15, 0.2) is 18.7 Å². The van der Waals surface area contributed by atoms with Gasteiger partial charge in [-0.2, -0.15) is 0 Å². The third-order valence-electron chi connectivity index (χ3n) is 2.69. The molecule has 1 heterocycles. The van der Waals surface area contributed by atoms with Gasteiger partial charge in [0, 0.05) is 12.4 Å². The standard InChI is InChI=1S/C12H20N2O/c1-3-4-5-6-7-12(11(2)15)14-9-8-13-10-14/h8-10,12H,3-7H2,1-2H3. The molecule has 1 aromatic heterocycles. The number of nitrogens with zero attached hydrogens (tertiary/aromatic N) is 2. The molecule has 0 spiro atoms. The van der Waals surface area contributed by atoms with Crippen molar-refractivity contribution in [3.63, 3.8) is 0 Å². The van der Waals surface area contributed by atoms with Crippen LogP contribution in [0.2, 0.25) is 0 Å². The quantitative estimate of drug-likeness (QED) is 0.646. The number of ketones is 1. The predicted molar refractivity (Wildman–Crippen MR) is 60.7 cm³/mol. The van der Waals surface area contributed by atoms with Crippen molar-refractivity contribution in [3.05, 3.63) is 18.7 Å². The van der Waals surface area contributed by atoms with Crippen molar-refractivity contribution >= 4 is 5.78 Å². The average Bonchev–Trinajstić information content (AvgIpc) is 2.70. The summed E-state index contributed by atoms with van der Waals surface area (Å²) in [4.78, 5) is 15.4. The minimum absolute atomic E-state index is 0.00986. The van der Waals surface area contributed by atoms with E-state index in [2.05, 4.69) is 11.9 Å². The Morgan fingerprint density at radius 3 is 2.73 bits per heavy atom. The lowest BCUT2D eigenvalue weighted by Crippen LogP contribution is -2.15. The molecular formula is C12H20N2O. The van der Waals surface area contributed by atoms with Crippen LogP contribution < -0.4 is 0 Å². The second-order valence-electron chi connectivity index (χ2n) is 3.99. The van der Waals surface area contributed by atoms with Crippen LogP contribution in [0, 0.1) is 0 Å². The summed E-state index contributed by atoms with van der Waals surface area (Å²) in [5.41, 5.74) is 0. The van der Waals surface area contributed by atoms with Gasteiger partial charge in [-0.05, 0) is 13.3 Å². The van der Waals surface area contributed by atoms with Gasteiger partial charge in [-0.25, -0.2) is 4.98 Å². The van der Waals surface area contributed by atoms with E-state index in [1.165, 1.54) is 19.3 Å². The summed E-state index contributed by atoms with van der Waals surface area (Å²) in [6.07, 6.45) is 11.1. The summed E-state index contributed by atoms with van der Waals surface area (Å²) < 4.78 is 1.91. The van der Waals surface area contributed by atoms with Crippen LogP contribution in [0.1, 0.15) is 52.0 Å². The van der Waals surface area contributed by atoms with E-state index in [0.717, 1.165) is 12.8 Å². The first-order chi connectivity index (χ1) is 7.25. The van der Waals surface area contributed by atoms with Gasteiger partial charge in [-0.3, -0.25) is 4.79 Å². The maximum Gasteiger partial charge on any atom is 0.152 e. The first kappa shape index (κ1) is 12.0. The molecule has 0 fully saturated rings. The third kappa shape index (κ3) is 3.86. The van der Waals surface area contributed by atoms with E-state index in [0.29, 0.717) is 0 Å². The zero-order chi connectivity index (χ0) is 11.1. The molecule has 0 aromatic carbocycles. The zero-order valence-electron chi connectivity index (χ0n) is 9.65. The maximum absolute atomic E-state index is 11.5. The van der Waals surface area contributed by atoms with E-state index in [1.807, 2.05) is 10.8 Å². The molecule has 84 valence electrons. The molecular weight excluding hydrogens is 188 g/mol. The van der Waals surface area contributed by atoms with Crippen molar-refractivity contribution < 1.29 is 4.79 Å². The Kier molecular flexibility index (Phi) is 5.08. The highest BCUT2D eigenvalue weighted by Crippen LogP contribution is 2.17. The Hall–Kier alpha value is -1.12. The summed E-state index contributed by atoms with van der Waals surface area (Å²) >= 11 is 0. The molecule has 0 amide bonds. The lowest BCUT2D eigenvalue weighted by molar-refractivity contribution is -0.120. The van der Waals surface area contributed by atoms with Crippen LogP contribution in [0.3, 0.4) is 0 Å². The zero-order valence-corrected chi connectivity index (χ0v) is 9.65. The van der Waals surface area contributed by atoms with E-state index < -0.39 is 0 Å². The number of Topliss-reactive ketones (excluding diaryl/α,β-unsaturated/α-hetero) is 1. The molecule has 1 aromatic rings. The smallest absolute Gasteiger partial charge is 0.152 e. The van der Waals surface area contributed by atoms with Crippen molar-refractivity contribution in [2.45, 2.75) is 52.0 Å². The Bertz CT molecular complexity index is 280. The first-order valence-electron chi connectivity index (χ1n) is 5.73. The molecule has 0 aliphatic heterocycles. The first-order valence-corrected chi connectivity index (χ1v) is 5.73.